The molecule has 3 atom stereocenters. The van der Waals surface area contributed by atoms with E-state index in [4.69, 9.17) is 22.1 Å². The summed E-state index contributed by atoms with van der Waals surface area (Å²) in [6.45, 7) is 1.41. The Morgan fingerprint density at radius 3 is 2.90 bits per heavy atom. The van der Waals surface area contributed by atoms with Crippen molar-refractivity contribution in [1.82, 2.24) is 9.97 Å². The molecule has 2 aromatic rings. The van der Waals surface area contributed by atoms with E-state index in [0.717, 1.165) is 0 Å². The molecule has 1 saturated carbocycles. The quantitative estimate of drug-likeness (QED) is 0.746. The van der Waals surface area contributed by atoms with E-state index < -0.39 is 22.9 Å². The molecular weight excluding hydrogens is 417 g/mol. The van der Waals surface area contributed by atoms with Crippen LogP contribution in [0.3, 0.4) is 0 Å². The van der Waals surface area contributed by atoms with Crippen molar-refractivity contribution in [3.63, 3.8) is 0 Å². The summed E-state index contributed by atoms with van der Waals surface area (Å²) in [6, 6.07) is 4.86. The third-order valence-corrected chi connectivity index (χ3v) is 6.88. The number of hydrogen-bond donors (Lipinski definition) is 2. The number of pyridine rings is 2. The number of amidine groups is 1. The van der Waals surface area contributed by atoms with E-state index in [1.54, 1.807) is 12.1 Å². The minimum Gasteiger partial charge on any atom is -0.481 e. The zero-order valence-electron chi connectivity index (χ0n) is 15.8. The van der Waals surface area contributed by atoms with E-state index in [1.165, 1.54) is 37.3 Å². The second kappa shape index (κ2) is 7.14. The Morgan fingerprint density at radius 1 is 1.45 bits per heavy atom. The van der Waals surface area contributed by atoms with Gasteiger partial charge < -0.3 is 15.8 Å². The average Bonchev–Trinajstić information content (AvgIpc) is 3.44. The monoisotopic (exact) mass is 435 g/mol. The van der Waals surface area contributed by atoms with Gasteiger partial charge in [0, 0.05) is 17.7 Å². The zero-order chi connectivity index (χ0) is 20.8. The van der Waals surface area contributed by atoms with Gasteiger partial charge >= 0.3 is 0 Å². The van der Waals surface area contributed by atoms with Crippen LogP contribution in [-0.4, -0.2) is 39.6 Å². The Hall–Kier alpha value is -2.39. The van der Waals surface area contributed by atoms with Crippen molar-refractivity contribution < 1.29 is 13.9 Å². The molecule has 29 heavy (non-hydrogen) atoms. The third kappa shape index (κ3) is 3.42. The molecule has 0 radical (unpaired) electrons. The summed E-state index contributed by atoms with van der Waals surface area (Å²) in [5.41, 5.74) is 6.52. The molecule has 1 aliphatic heterocycles. The predicted octanol–water partition coefficient (Wildman–Crippen LogP) is 3.40. The van der Waals surface area contributed by atoms with Gasteiger partial charge in [0.15, 0.2) is 5.17 Å². The Kier molecular flexibility index (Phi) is 4.90. The molecule has 1 amide bonds. The van der Waals surface area contributed by atoms with Gasteiger partial charge in [-0.05, 0) is 31.5 Å². The molecule has 2 aromatic heterocycles. The summed E-state index contributed by atoms with van der Waals surface area (Å²) >= 11 is 7.10. The summed E-state index contributed by atoms with van der Waals surface area (Å²) in [5, 5.41) is 3.54. The number of nitrogens with zero attached hydrogens (tertiary/aromatic N) is 3. The summed E-state index contributed by atoms with van der Waals surface area (Å²) < 4.78 is 18.6. The van der Waals surface area contributed by atoms with Crippen LogP contribution in [-0.2, 0) is 5.54 Å². The van der Waals surface area contributed by atoms with Crippen molar-refractivity contribution in [3.8, 4) is 5.88 Å². The number of nitrogens with two attached hydrogens (primary N) is 1. The lowest BCUT2D eigenvalue weighted by atomic mass is 9.86. The van der Waals surface area contributed by atoms with E-state index in [9.17, 15) is 9.18 Å². The number of rotatable bonds is 5. The van der Waals surface area contributed by atoms with Gasteiger partial charge in [0.1, 0.15) is 12.4 Å². The Balaban J connectivity index is 1.68. The topological polar surface area (TPSA) is 102 Å². The van der Waals surface area contributed by atoms with Crippen molar-refractivity contribution in [3.05, 3.63) is 46.9 Å². The fourth-order valence-electron chi connectivity index (χ4n) is 3.82. The van der Waals surface area contributed by atoms with Crippen molar-refractivity contribution in [2.45, 2.75) is 23.6 Å². The Morgan fingerprint density at radius 2 is 2.24 bits per heavy atom. The maximum absolute atomic E-state index is 13.7. The van der Waals surface area contributed by atoms with Gasteiger partial charge in [-0.15, -0.1) is 0 Å². The van der Waals surface area contributed by atoms with Crippen molar-refractivity contribution in [2.24, 2.45) is 16.6 Å². The minimum absolute atomic E-state index is 0.0446. The van der Waals surface area contributed by atoms with E-state index in [2.05, 4.69) is 20.3 Å². The van der Waals surface area contributed by atoms with Crippen LogP contribution in [0.15, 0.2) is 35.6 Å². The van der Waals surface area contributed by atoms with Crippen LogP contribution in [0, 0.1) is 5.92 Å². The summed E-state index contributed by atoms with van der Waals surface area (Å²) in [4.78, 5) is 25.4. The van der Waals surface area contributed by atoms with Crippen LogP contribution < -0.4 is 15.8 Å². The van der Waals surface area contributed by atoms with Crippen LogP contribution in [0.4, 0.5) is 10.1 Å². The maximum Gasteiger partial charge on any atom is 0.274 e. The van der Waals surface area contributed by atoms with Crippen LogP contribution in [0.25, 0.3) is 0 Å². The van der Waals surface area contributed by atoms with E-state index in [0.29, 0.717) is 33.7 Å². The number of anilines is 1. The zero-order valence-corrected chi connectivity index (χ0v) is 17.4. The van der Waals surface area contributed by atoms with E-state index in [-0.39, 0.29) is 11.6 Å². The van der Waals surface area contributed by atoms with Gasteiger partial charge in [-0.2, -0.15) is 0 Å². The number of nitrogens with one attached hydrogen (secondary N) is 1. The number of carbonyl (C=O) groups excluding carboxylic acids is 1. The summed E-state index contributed by atoms with van der Waals surface area (Å²) in [6.07, 6.45) is 3.54. The molecule has 0 saturated heterocycles. The normalized spacial score (nSPS) is 27.6. The van der Waals surface area contributed by atoms with Crippen LogP contribution in [0.1, 0.15) is 29.4 Å². The van der Waals surface area contributed by atoms with Crippen molar-refractivity contribution in [2.75, 3.05) is 19.1 Å². The van der Waals surface area contributed by atoms with Crippen LogP contribution in [0.2, 0.25) is 5.02 Å². The van der Waals surface area contributed by atoms with E-state index >= 15 is 0 Å². The van der Waals surface area contributed by atoms with Gasteiger partial charge in [0.05, 0.1) is 34.3 Å². The Labute approximate surface area is 176 Å². The first-order valence-corrected chi connectivity index (χ1v) is 10.1. The predicted molar refractivity (Wildman–Crippen MR) is 111 cm³/mol. The molecule has 1 fully saturated rings. The van der Waals surface area contributed by atoms with Crippen LogP contribution in [0.5, 0.6) is 5.88 Å². The number of hydrogen-bond acceptors (Lipinski definition) is 7. The number of aliphatic imine (C=N–C) groups is 1. The van der Waals surface area contributed by atoms with Crippen molar-refractivity contribution in [1.29, 1.82) is 0 Å². The molecule has 0 unspecified atom stereocenters. The molecule has 0 bridgehead atoms. The fourth-order valence-corrected chi connectivity index (χ4v) is 5.26. The minimum atomic E-state index is -0.807. The van der Waals surface area contributed by atoms with Gasteiger partial charge in [-0.1, -0.05) is 23.4 Å². The molecule has 7 nitrogen and oxygen atoms in total. The largest absolute Gasteiger partial charge is 0.481 e. The highest BCUT2D eigenvalue weighted by Crippen LogP contribution is 2.66. The second-order valence-corrected chi connectivity index (χ2v) is 9.12. The van der Waals surface area contributed by atoms with Gasteiger partial charge in [-0.25, -0.2) is 14.4 Å². The number of thioether (sulfide) groups is 1. The van der Waals surface area contributed by atoms with E-state index in [1.807, 2.05) is 6.92 Å². The first-order valence-electron chi connectivity index (χ1n) is 8.89. The average molecular weight is 436 g/mol. The maximum atomic E-state index is 13.7. The molecule has 2 aliphatic rings. The molecule has 1 aliphatic carbocycles. The number of amides is 1. The number of aromatic nitrogens is 2. The van der Waals surface area contributed by atoms with Crippen LogP contribution >= 0.6 is 23.4 Å². The first-order chi connectivity index (χ1) is 13.8. The lowest BCUT2D eigenvalue weighted by Gasteiger charge is -2.33. The summed E-state index contributed by atoms with van der Waals surface area (Å²) in [5.74, 6) is -0.0911. The van der Waals surface area contributed by atoms with Gasteiger partial charge in [0.2, 0.25) is 5.88 Å². The number of alkyl halides is 1. The number of halogens is 2. The highest BCUT2D eigenvalue weighted by molar-refractivity contribution is 8.15. The summed E-state index contributed by atoms with van der Waals surface area (Å²) in [7, 11) is 1.50. The number of fused-ring (bicyclic) bond motifs is 1. The molecule has 3 N–H and O–H groups in total. The molecule has 152 valence electrons. The lowest BCUT2D eigenvalue weighted by molar-refractivity contribution is 0.102. The van der Waals surface area contributed by atoms with Gasteiger partial charge in [0.25, 0.3) is 5.91 Å². The number of carbonyl (C=O) groups is 1. The van der Waals surface area contributed by atoms with Gasteiger partial charge in [-0.3, -0.25) is 9.79 Å². The molecule has 10 heteroatoms. The highest BCUT2D eigenvalue weighted by Gasteiger charge is 2.67. The molecule has 3 heterocycles. The molecule has 0 spiro atoms. The van der Waals surface area contributed by atoms with Crippen molar-refractivity contribution >= 4 is 40.1 Å². The smallest absolute Gasteiger partial charge is 0.274 e. The number of ether oxygens (including phenoxy) is 1. The molecule has 0 aromatic carbocycles. The molecular formula is C19H19ClFN5O2S. The second-order valence-electron chi connectivity index (χ2n) is 7.25. The highest BCUT2D eigenvalue weighted by atomic mass is 35.5. The number of methoxy groups -OCH3 is 1. The fraction of sp³-hybridized carbons (Fsp3) is 0.368. The SMILES string of the molecule is COc1ncc(NC(=O)c2ccc(Cl)cn2)cc1[C@@]1(C)N=C(N)S[C@@]2(CF)C[C@H]21. The lowest BCUT2D eigenvalue weighted by Crippen LogP contribution is -2.36. The first kappa shape index (κ1) is 19.9. The molecule has 4 rings (SSSR count). The Bertz CT molecular complexity index is 1000. The standard InChI is InChI=1S/C19H19ClFN5O2S/c1-18(14-6-19(14,9-21)29-17(22)26-18)12-5-11(8-24-16(12)28-2)25-15(27)13-4-3-10(20)7-23-13/h3-5,7-8,14H,6,9H2,1-2H3,(H2,22,26)(H,25,27)/t14-,18+,19+/m0/s1. The third-order valence-electron chi connectivity index (χ3n) is 5.39.